The van der Waals surface area contributed by atoms with Gasteiger partial charge in [-0.25, -0.2) is 4.98 Å². The standard InChI is InChI=1S/C9H15NOS.ClH/c1-6-5-12-8(10-6)7(11)9(2,3)4;/h5,7,11H,1-4H3;1H. The van der Waals surface area contributed by atoms with Gasteiger partial charge in [-0.15, -0.1) is 23.7 Å². The van der Waals surface area contributed by atoms with Crippen LogP contribution in [-0.2, 0) is 0 Å². The van der Waals surface area contributed by atoms with E-state index < -0.39 is 6.10 Å². The van der Waals surface area contributed by atoms with Crippen molar-refractivity contribution in [3.05, 3.63) is 16.1 Å². The molecule has 2 nitrogen and oxygen atoms in total. The van der Waals surface area contributed by atoms with Crippen LogP contribution < -0.4 is 0 Å². The van der Waals surface area contributed by atoms with E-state index in [0.717, 1.165) is 10.7 Å². The SMILES string of the molecule is Cc1csc(C(O)C(C)(C)C)n1.Cl. The number of aliphatic hydroxyl groups is 1. The molecule has 76 valence electrons. The molecular formula is C9H16ClNOS. The highest BCUT2D eigenvalue weighted by Crippen LogP contribution is 2.33. The van der Waals surface area contributed by atoms with Gasteiger partial charge in [0.25, 0.3) is 0 Å². The average molecular weight is 222 g/mol. The van der Waals surface area contributed by atoms with E-state index in [2.05, 4.69) is 4.98 Å². The minimum Gasteiger partial charge on any atom is -0.385 e. The Labute approximate surface area is 89.4 Å². The van der Waals surface area contributed by atoms with Crippen molar-refractivity contribution in [2.24, 2.45) is 5.41 Å². The molecule has 1 aromatic rings. The van der Waals surface area contributed by atoms with Gasteiger partial charge in [0.05, 0.1) is 0 Å². The summed E-state index contributed by atoms with van der Waals surface area (Å²) in [7, 11) is 0. The van der Waals surface area contributed by atoms with Crippen LogP contribution in [0.5, 0.6) is 0 Å². The van der Waals surface area contributed by atoms with Crippen LogP contribution in [0.2, 0.25) is 0 Å². The van der Waals surface area contributed by atoms with Crippen LogP contribution >= 0.6 is 23.7 Å². The largest absolute Gasteiger partial charge is 0.385 e. The number of aryl methyl sites for hydroxylation is 1. The molecule has 0 bridgehead atoms. The molecule has 0 aliphatic carbocycles. The normalized spacial score (nSPS) is 13.6. The Morgan fingerprint density at radius 3 is 2.31 bits per heavy atom. The van der Waals surface area contributed by atoms with Crippen LogP contribution in [0.1, 0.15) is 37.6 Å². The van der Waals surface area contributed by atoms with E-state index in [1.807, 2.05) is 33.1 Å². The molecule has 0 aliphatic rings. The van der Waals surface area contributed by atoms with Crippen molar-refractivity contribution in [2.45, 2.75) is 33.8 Å². The highest BCUT2D eigenvalue weighted by Gasteiger charge is 2.25. The highest BCUT2D eigenvalue weighted by atomic mass is 35.5. The molecule has 13 heavy (non-hydrogen) atoms. The summed E-state index contributed by atoms with van der Waals surface area (Å²) in [6.07, 6.45) is -0.448. The van der Waals surface area contributed by atoms with Crippen molar-refractivity contribution in [1.82, 2.24) is 4.98 Å². The first-order valence-corrected chi connectivity index (χ1v) is 4.89. The number of aromatic nitrogens is 1. The second kappa shape index (κ2) is 4.40. The lowest BCUT2D eigenvalue weighted by Crippen LogP contribution is -2.17. The monoisotopic (exact) mass is 221 g/mol. The first kappa shape index (κ1) is 12.9. The van der Waals surface area contributed by atoms with Crippen molar-refractivity contribution in [3.63, 3.8) is 0 Å². The summed E-state index contributed by atoms with van der Waals surface area (Å²) in [4.78, 5) is 4.25. The zero-order valence-corrected chi connectivity index (χ0v) is 10.00. The maximum atomic E-state index is 9.82. The second-order valence-electron chi connectivity index (χ2n) is 4.10. The summed E-state index contributed by atoms with van der Waals surface area (Å²) in [5.41, 5.74) is 0.864. The molecule has 1 N–H and O–H groups in total. The third-order valence-electron chi connectivity index (χ3n) is 1.69. The Balaban J connectivity index is 0.00000144. The summed E-state index contributed by atoms with van der Waals surface area (Å²) in [5.74, 6) is 0. The molecule has 0 fully saturated rings. The quantitative estimate of drug-likeness (QED) is 0.791. The minimum atomic E-state index is -0.448. The fraction of sp³-hybridized carbons (Fsp3) is 0.667. The molecule has 0 spiro atoms. The van der Waals surface area contributed by atoms with Gasteiger partial charge in [-0.3, -0.25) is 0 Å². The smallest absolute Gasteiger partial charge is 0.122 e. The van der Waals surface area contributed by atoms with Crippen LogP contribution in [-0.4, -0.2) is 10.1 Å². The van der Waals surface area contributed by atoms with Crippen molar-refractivity contribution < 1.29 is 5.11 Å². The molecule has 1 heterocycles. The lowest BCUT2D eigenvalue weighted by atomic mass is 9.90. The van der Waals surface area contributed by atoms with Gasteiger partial charge in [0, 0.05) is 11.1 Å². The molecule has 4 heteroatoms. The number of aliphatic hydroxyl groups excluding tert-OH is 1. The van der Waals surface area contributed by atoms with Crippen molar-refractivity contribution in [3.8, 4) is 0 Å². The Morgan fingerprint density at radius 2 is 2.00 bits per heavy atom. The third kappa shape index (κ3) is 3.25. The molecule has 0 saturated carbocycles. The number of rotatable bonds is 1. The Morgan fingerprint density at radius 1 is 1.46 bits per heavy atom. The van der Waals surface area contributed by atoms with Crippen LogP contribution in [0.25, 0.3) is 0 Å². The fourth-order valence-corrected chi connectivity index (χ4v) is 1.89. The van der Waals surface area contributed by atoms with Crippen molar-refractivity contribution in [2.75, 3.05) is 0 Å². The number of halogens is 1. The summed E-state index contributed by atoms with van der Waals surface area (Å²) in [6.45, 7) is 7.96. The first-order valence-electron chi connectivity index (χ1n) is 4.01. The van der Waals surface area contributed by atoms with Crippen molar-refractivity contribution >= 4 is 23.7 Å². The van der Waals surface area contributed by atoms with Gasteiger partial charge < -0.3 is 5.11 Å². The molecule has 1 unspecified atom stereocenters. The summed E-state index contributed by atoms with van der Waals surface area (Å²) >= 11 is 1.52. The second-order valence-corrected chi connectivity index (χ2v) is 4.99. The van der Waals surface area contributed by atoms with Crippen LogP contribution in [0, 0.1) is 12.3 Å². The van der Waals surface area contributed by atoms with Gasteiger partial charge in [0.15, 0.2) is 0 Å². The summed E-state index contributed by atoms with van der Waals surface area (Å²) < 4.78 is 0. The van der Waals surface area contributed by atoms with Gasteiger partial charge in [-0.2, -0.15) is 0 Å². The van der Waals surface area contributed by atoms with E-state index >= 15 is 0 Å². The average Bonchev–Trinajstić information content (AvgIpc) is 2.32. The summed E-state index contributed by atoms with van der Waals surface area (Å²) in [6, 6.07) is 0. The number of thiazole rings is 1. The third-order valence-corrected chi connectivity index (χ3v) is 2.71. The van der Waals surface area contributed by atoms with Crippen LogP contribution in [0.4, 0.5) is 0 Å². The van der Waals surface area contributed by atoms with Crippen molar-refractivity contribution in [1.29, 1.82) is 0 Å². The van der Waals surface area contributed by atoms with E-state index in [-0.39, 0.29) is 17.8 Å². The predicted octanol–water partition coefficient (Wildman–Crippen LogP) is 2.95. The molecule has 1 atom stereocenters. The zero-order valence-electron chi connectivity index (χ0n) is 8.37. The van der Waals surface area contributed by atoms with E-state index in [4.69, 9.17) is 0 Å². The molecule has 0 aliphatic heterocycles. The Kier molecular flexibility index (Phi) is 4.36. The zero-order chi connectivity index (χ0) is 9.35. The van der Waals surface area contributed by atoms with E-state index in [1.54, 1.807) is 0 Å². The van der Waals surface area contributed by atoms with Gasteiger partial charge in [-0.05, 0) is 12.3 Å². The molecule has 1 rings (SSSR count). The molecule has 1 aromatic heterocycles. The van der Waals surface area contributed by atoms with E-state index in [9.17, 15) is 5.11 Å². The maximum Gasteiger partial charge on any atom is 0.122 e. The molecule has 0 aromatic carbocycles. The van der Waals surface area contributed by atoms with Gasteiger partial charge in [0.1, 0.15) is 11.1 Å². The molecule has 0 radical (unpaired) electrons. The summed E-state index contributed by atoms with van der Waals surface area (Å²) in [5, 5.41) is 12.6. The number of hydrogen-bond donors (Lipinski definition) is 1. The Hall–Kier alpha value is -0.120. The number of hydrogen-bond acceptors (Lipinski definition) is 3. The van der Waals surface area contributed by atoms with Crippen LogP contribution in [0.3, 0.4) is 0 Å². The molecule has 0 amide bonds. The van der Waals surface area contributed by atoms with Crippen LogP contribution in [0.15, 0.2) is 5.38 Å². The maximum absolute atomic E-state index is 9.82. The minimum absolute atomic E-state index is 0. The van der Waals surface area contributed by atoms with Gasteiger partial charge in [-0.1, -0.05) is 20.8 Å². The fourth-order valence-electron chi connectivity index (χ4n) is 0.868. The first-order chi connectivity index (χ1) is 5.41. The molecule has 0 saturated heterocycles. The van der Waals surface area contributed by atoms with E-state index in [0.29, 0.717) is 0 Å². The lowest BCUT2D eigenvalue weighted by molar-refractivity contribution is 0.0623. The van der Waals surface area contributed by atoms with E-state index in [1.165, 1.54) is 11.3 Å². The van der Waals surface area contributed by atoms with Gasteiger partial charge in [0.2, 0.25) is 0 Å². The highest BCUT2D eigenvalue weighted by molar-refractivity contribution is 7.09. The number of nitrogens with zero attached hydrogens (tertiary/aromatic N) is 1. The Bertz CT molecular complexity index is 267. The molecular weight excluding hydrogens is 206 g/mol. The predicted molar refractivity (Wildman–Crippen MR) is 58.5 cm³/mol. The topological polar surface area (TPSA) is 33.1 Å². The van der Waals surface area contributed by atoms with Gasteiger partial charge >= 0.3 is 0 Å². The lowest BCUT2D eigenvalue weighted by Gasteiger charge is -2.23.